The Labute approximate surface area is 153 Å². The van der Waals surface area contributed by atoms with Crippen LogP contribution in [0.3, 0.4) is 0 Å². The second kappa shape index (κ2) is 6.81. The molecule has 4 rings (SSSR count). The highest BCUT2D eigenvalue weighted by Gasteiger charge is 2.40. The van der Waals surface area contributed by atoms with Crippen molar-refractivity contribution in [2.75, 3.05) is 25.1 Å². The fraction of sp³-hybridized carbons (Fsp3) is 0.333. The molecule has 2 aromatic carbocycles. The van der Waals surface area contributed by atoms with Gasteiger partial charge in [0.15, 0.2) is 6.19 Å². The number of hydrogen-bond donors (Lipinski definition) is 0. The van der Waals surface area contributed by atoms with Crippen LogP contribution in [0.15, 0.2) is 48.5 Å². The summed E-state index contributed by atoms with van der Waals surface area (Å²) >= 11 is 0. The highest BCUT2D eigenvalue weighted by atomic mass is 16.5. The maximum atomic E-state index is 13.2. The molecule has 2 aliphatic rings. The molecule has 0 N–H and O–H groups in total. The summed E-state index contributed by atoms with van der Waals surface area (Å²) in [5, 5.41) is 9.38. The zero-order chi connectivity index (χ0) is 18.1. The van der Waals surface area contributed by atoms with E-state index in [9.17, 15) is 10.1 Å². The first-order valence-electron chi connectivity index (χ1n) is 8.90. The summed E-state index contributed by atoms with van der Waals surface area (Å²) in [5.74, 6) is -0.00457. The van der Waals surface area contributed by atoms with Crippen molar-refractivity contribution in [1.29, 1.82) is 5.26 Å². The molecule has 26 heavy (non-hydrogen) atoms. The number of amides is 1. The molecule has 0 radical (unpaired) electrons. The molecule has 2 aromatic rings. The normalized spacial score (nSPS) is 21.5. The van der Waals surface area contributed by atoms with Crippen molar-refractivity contribution in [3.05, 3.63) is 54.1 Å². The predicted octanol–water partition coefficient (Wildman–Crippen LogP) is 2.81. The maximum absolute atomic E-state index is 13.2. The topological polar surface area (TPSA) is 56.6 Å². The molecule has 1 unspecified atom stereocenters. The van der Waals surface area contributed by atoms with E-state index in [1.165, 1.54) is 11.1 Å². The highest BCUT2D eigenvalue weighted by molar-refractivity contribution is 6.00. The van der Waals surface area contributed by atoms with E-state index in [0.29, 0.717) is 19.5 Å². The summed E-state index contributed by atoms with van der Waals surface area (Å²) in [6.07, 6.45) is 3.48. The number of likely N-dealkylation sites (tertiary alicyclic amines) is 1. The van der Waals surface area contributed by atoms with Gasteiger partial charge in [-0.3, -0.25) is 9.69 Å². The summed E-state index contributed by atoms with van der Waals surface area (Å²) in [5.41, 5.74) is 4.52. The van der Waals surface area contributed by atoms with Crippen LogP contribution >= 0.6 is 0 Å². The number of rotatable bonds is 3. The van der Waals surface area contributed by atoms with Crippen LogP contribution in [0.25, 0.3) is 11.1 Å². The second-order valence-electron chi connectivity index (χ2n) is 6.77. The molecule has 0 spiro atoms. The van der Waals surface area contributed by atoms with Gasteiger partial charge in [-0.05, 0) is 29.2 Å². The number of anilines is 1. The van der Waals surface area contributed by atoms with E-state index in [1.54, 1.807) is 12.0 Å². The van der Waals surface area contributed by atoms with E-state index >= 15 is 0 Å². The van der Waals surface area contributed by atoms with Crippen molar-refractivity contribution in [1.82, 2.24) is 4.90 Å². The Morgan fingerprint density at radius 1 is 1.19 bits per heavy atom. The van der Waals surface area contributed by atoms with E-state index in [4.69, 9.17) is 4.74 Å². The van der Waals surface area contributed by atoms with Crippen molar-refractivity contribution in [2.45, 2.75) is 25.0 Å². The lowest BCUT2D eigenvalue weighted by atomic mass is 9.98. The first-order valence-corrected chi connectivity index (χ1v) is 8.90. The van der Waals surface area contributed by atoms with Crippen LogP contribution in [0.5, 0.6) is 0 Å². The van der Waals surface area contributed by atoms with Gasteiger partial charge in [-0.15, -0.1) is 0 Å². The largest absolute Gasteiger partial charge is 0.379 e. The van der Waals surface area contributed by atoms with Crippen LogP contribution in [-0.2, 0) is 16.0 Å². The molecule has 0 saturated carbocycles. The fourth-order valence-corrected chi connectivity index (χ4v) is 4.04. The summed E-state index contributed by atoms with van der Waals surface area (Å²) in [4.78, 5) is 16.6. The van der Waals surface area contributed by atoms with Gasteiger partial charge in [-0.1, -0.05) is 42.5 Å². The van der Waals surface area contributed by atoms with Crippen LogP contribution in [0, 0.1) is 11.5 Å². The highest BCUT2D eigenvalue weighted by Crippen LogP contribution is 2.37. The minimum absolute atomic E-state index is 0.00457. The zero-order valence-corrected chi connectivity index (χ0v) is 14.8. The van der Waals surface area contributed by atoms with Crippen molar-refractivity contribution >= 4 is 11.6 Å². The Hall–Kier alpha value is -2.84. The van der Waals surface area contributed by atoms with Gasteiger partial charge in [0.2, 0.25) is 0 Å². The Kier molecular flexibility index (Phi) is 4.36. The van der Waals surface area contributed by atoms with Crippen molar-refractivity contribution in [3.8, 4) is 17.3 Å². The monoisotopic (exact) mass is 347 g/mol. The standard InChI is InChI=1S/C21H21N3O2/c1-26-16-12-20(23(13-16)14-22)21(25)24-11-10-18-17(8-5-9-19(18)24)15-6-3-2-4-7-15/h2-9,16,20H,10-13H2,1H3/t16?,20-/m0/s1. The number of ether oxygens (including phenoxy) is 1. The lowest BCUT2D eigenvalue weighted by Crippen LogP contribution is -2.43. The SMILES string of the molecule is COC1C[C@@H](C(=O)N2CCc3c(-c4ccccc4)cccc32)N(C#N)C1. The van der Waals surface area contributed by atoms with Crippen molar-refractivity contribution in [3.63, 3.8) is 0 Å². The Balaban J connectivity index is 1.65. The van der Waals surface area contributed by atoms with E-state index in [1.807, 2.05) is 35.2 Å². The molecule has 2 aliphatic heterocycles. The van der Waals surface area contributed by atoms with Crippen LogP contribution in [0.1, 0.15) is 12.0 Å². The average Bonchev–Trinajstić information content (AvgIpc) is 3.32. The third kappa shape index (κ3) is 2.73. The summed E-state index contributed by atoms with van der Waals surface area (Å²) in [7, 11) is 1.63. The first-order chi connectivity index (χ1) is 12.7. The third-order valence-electron chi connectivity index (χ3n) is 5.39. The summed E-state index contributed by atoms with van der Waals surface area (Å²) in [6.45, 7) is 1.14. The molecule has 1 fully saturated rings. The van der Waals surface area contributed by atoms with Crippen molar-refractivity contribution < 1.29 is 9.53 Å². The van der Waals surface area contributed by atoms with Crippen LogP contribution in [0.4, 0.5) is 5.69 Å². The van der Waals surface area contributed by atoms with Gasteiger partial charge in [0.05, 0.1) is 12.6 Å². The lowest BCUT2D eigenvalue weighted by Gasteiger charge is -2.24. The predicted molar refractivity (Wildman–Crippen MR) is 99.5 cm³/mol. The van der Waals surface area contributed by atoms with Crippen LogP contribution < -0.4 is 4.90 Å². The first kappa shape index (κ1) is 16.6. The summed E-state index contributed by atoms with van der Waals surface area (Å²) in [6, 6.07) is 15.9. The molecular formula is C21H21N3O2. The van der Waals surface area contributed by atoms with Gasteiger partial charge < -0.3 is 9.64 Å². The minimum atomic E-state index is -0.434. The van der Waals surface area contributed by atoms with Gasteiger partial charge in [-0.2, -0.15) is 5.26 Å². The third-order valence-corrected chi connectivity index (χ3v) is 5.39. The number of methoxy groups -OCH3 is 1. The molecule has 132 valence electrons. The van der Waals surface area contributed by atoms with E-state index in [2.05, 4.69) is 24.4 Å². The van der Waals surface area contributed by atoms with E-state index in [-0.39, 0.29) is 12.0 Å². The van der Waals surface area contributed by atoms with Gasteiger partial charge in [-0.25, -0.2) is 0 Å². The number of carbonyl (C=O) groups excluding carboxylic acids is 1. The molecule has 2 atom stereocenters. The molecule has 0 aliphatic carbocycles. The molecular weight excluding hydrogens is 326 g/mol. The second-order valence-corrected chi connectivity index (χ2v) is 6.77. The van der Waals surface area contributed by atoms with Crippen LogP contribution in [0.2, 0.25) is 0 Å². The Bertz CT molecular complexity index is 859. The number of benzene rings is 2. The maximum Gasteiger partial charge on any atom is 0.250 e. The van der Waals surface area contributed by atoms with Crippen molar-refractivity contribution in [2.24, 2.45) is 0 Å². The lowest BCUT2D eigenvalue weighted by molar-refractivity contribution is -0.122. The van der Waals surface area contributed by atoms with E-state index < -0.39 is 6.04 Å². The van der Waals surface area contributed by atoms with Gasteiger partial charge in [0, 0.05) is 25.8 Å². The number of nitrogens with zero attached hydrogens (tertiary/aromatic N) is 3. The van der Waals surface area contributed by atoms with Gasteiger partial charge >= 0.3 is 0 Å². The Morgan fingerprint density at radius 2 is 2.00 bits per heavy atom. The molecule has 5 nitrogen and oxygen atoms in total. The molecule has 5 heteroatoms. The quantitative estimate of drug-likeness (QED) is 0.801. The molecule has 2 heterocycles. The van der Waals surface area contributed by atoms with E-state index in [0.717, 1.165) is 17.7 Å². The minimum Gasteiger partial charge on any atom is -0.379 e. The number of nitriles is 1. The average molecular weight is 347 g/mol. The molecule has 0 aromatic heterocycles. The molecule has 1 saturated heterocycles. The smallest absolute Gasteiger partial charge is 0.250 e. The molecule has 1 amide bonds. The fourth-order valence-electron chi connectivity index (χ4n) is 4.04. The van der Waals surface area contributed by atoms with Crippen LogP contribution in [-0.4, -0.2) is 43.2 Å². The number of carbonyl (C=O) groups is 1. The van der Waals surface area contributed by atoms with Gasteiger partial charge in [0.1, 0.15) is 6.04 Å². The van der Waals surface area contributed by atoms with Gasteiger partial charge in [0.25, 0.3) is 5.91 Å². The molecule has 0 bridgehead atoms. The zero-order valence-electron chi connectivity index (χ0n) is 14.8. The number of hydrogen-bond acceptors (Lipinski definition) is 4. The number of fused-ring (bicyclic) bond motifs is 1. The summed E-state index contributed by atoms with van der Waals surface area (Å²) < 4.78 is 5.37. The Morgan fingerprint density at radius 3 is 2.73 bits per heavy atom.